The molecule has 3 aromatic heterocycles. The second-order valence-corrected chi connectivity index (χ2v) is 11.2. The third-order valence-electron chi connectivity index (χ3n) is 8.13. The lowest BCUT2D eigenvalue weighted by molar-refractivity contribution is 0.240. The molecule has 46 heavy (non-hydrogen) atoms. The summed E-state index contributed by atoms with van der Waals surface area (Å²) in [5.41, 5.74) is 5.06. The van der Waals surface area contributed by atoms with E-state index >= 15 is 0 Å². The molecule has 0 saturated heterocycles. The number of carbonyl (C=O) groups is 1. The highest BCUT2D eigenvalue weighted by molar-refractivity contribution is 5.91. The summed E-state index contributed by atoms with van der Waals surface area (Å²) in [6.45, 7) is 0.415. The van der Waals surface area contributed by atoms with Gasteiger partial charge in [0.25, 0.3) is 0 Å². The Balaban J connectivity index is 1.16. The molecule has 1 aliphatic carbocycles. The third-order valence-corrected chi connectivity index (χ3v) is 8.13. The molecule has 5 aromatic rings. The lowest BCUT2D eigenvalue weighted by atomic mass is 9.90. The van der Waals surface area contributed by atoms with Gasteiger partial charge in [0.15, 0.2) is 0 Å². The number of aryl methyl sites for hydroxylation is 1. The fourth-order valence-electron chi connectivity index (χ4n) is 5.70. The Hall–Kier alpha value is -6.07. The van der Waals surface area contributed by atoms with Crippen molar-refractivity contribution >= 4 is 17.8 Å². The summed E-state index contributed by atoms with van der Waals surface area (Å²) in [7, 11) is 1.87. The first-order valence-electron chi connectivity index (χ1n) is 15.1. The van der Waals surface area contributed by atoms with Crippen LogP contribution in [0, 0.1) is 22.7 Å². The van der Waals surface area contributed by atoms with Crippen molar-refractivity contribution < 1.29 is 4.79 Å². The normalized spacial score (nSPS) is 15.7. The van der Waals surface area contributed by atoms with Crippen LogP contribution >= 0.6 is 0 Å². The van der Waals surface area contributed by atoms with Crippen molar-refractivity contribution in [3.63, 3.8) is 0 Å². The number of benzene rings is 2. The van der Waals surface area contributed by atoms with Crippen LogP contribution in [0.25, 0.3) is 22.4 Å². The Morgan fingerprint density at radius 2 is 1.65 bits per heavy atom. The number of anilines is 2. The van der Waals surface area contributed by atoms with Gasteiger partial charge in [-0.05, 0) is 55.5 Å². The second-order valence-electron chi connectivity index (χ2n) is 11.2. The predicted octanol–water partition coefficient (Wildman–Crippen LogP) is 5.82. The maximum atomic E-state index is 13.7. The van der Waals surface area contributed by atoms with Gasteiger partial charge in [-0.2, -0.15) is 15.6 Å². The largest absolute Gasteiger partial charge is 0.351 e. The van der Waals surface area contributed by atoms with Gasteiger partial charge in [0.1, 0.15) is 11.9 Å². The average Bonchev–Trinajstić information content (AvgIpc) is 3.55. The van der Waals surface area contributed by atoms with Crippen LogP contribution in [0.3, 0.4) is 0 Å². The molecular weight excluding hydrogens is 576 g/mol. The molecule has 0 unspecified atom stereocenters. The Morgan fingerprint density at radius 1 is 0.891 bits per heavy atom. The molecule has 0 radical (unpaired) electrons. The minimum absolute atomic E-state index is 0.0540. The maximum absolute atomic E-state index is 13.7. The summed E-state index contributed by atoms with van der Waals surface area (Å²) < 4.78 is 1.75. The molecule has 2 amide bonds. The predicted molar refractivity (Wildman–Crippen MR) is 174 cm³/mol. The van der Waals surface area contributed by atoms with Gasteiger partial charge < -0.3 is 10.6 Å². The lowest BCUT2D eigenvalue weighted by Gasteiger charge is -2.36. The van der Waals surface area contributed by atoms with Crippen LogP contribution in [0.2, 0.25) is 0 Å². The van der Waals surface area contributed by atoms with E-state index < -0.39 is 0 Å². The number of aromatic nitrogens is 5. The molecule has 6 rings (SSSR count). The van der Waals surface area contributed by atoms with Gasteiger partial charge in [-0.3, -0.25) is 9.58 Å². The highest BCUT2D eigenvalue weighted by atomic mass is 16.2. The van der Waals surface area contributed by atoms with Gasteiger partial charge >= 0.3 is 6.03 Å². The van der Waals surface area contributed by atoms with E-state index in [2.05, 4.69) is 37.8 Å². The number of carbonyl (C=O) groups excluding carboxylic acids is 1. The molecule has 0 bridgehead atoms. The van der Waals surface area contributed by atoms with Crippen molar-refractivity contribution in [2.75, 3.05) is 10.2 Å². The molecule has 3 heterocycles. The van der Waals surface area contributed by atoms with Crippen LogP contribution in [0.1, 0.15) is 42.4 Å². The number of pyridine rings is 1. The van der Waals surface area contributed by atoms with Crippen molar-refractivity contribution in [2.24, 2.45) is 7.05 Å². The Bertz CT molecular complexity index is 1880. The molecule has 0 aliphatic heterocycles. The molecule has 1 saturated carbocycles. The topological polar surface area (TPSA) is 148 Å². The molecule has 0 atom stereocenters. The van der Waals surface area contributed by atoms with E-state index in [4.69, 9.17) is 10.2 Å². The summed E-state index contributed by atoms with van der Waals surface area (Å²) in [5, 5.41) is 29.6. The molecule has 11 nitrogen and oxygen atoms in total. The monoisotopic (exact) mass is 608 g/mol. The van der Waals surface area contributed by atoms with Crippen LogP contribution in [0.4, 0.5) is 16.6 Å². The first-order valence-corrected chi connectivity index (χ1v) is 15.1. The Morgan fingerprint density at radius 3 is 2.30 bits per heavy atom. The fourth-order valence-corrected chi connectivity index (χ4v) is 5.70. The highest BCUT2D eigenvalue weighted by Gasteiger charge is 2.31. The first-order chi connectivity index (χ1) is 22.5. The van der Waals surface area contributed by atoms with Crippen molar-refractivity contribution in [3.05, 3.63) is 108 Å². The van der Waals surface area contributed by atoms with Gasteiger partial charge in [0.05, 0.1) is 35.3 Å². The SMILES string of the molecule is Cn1cc(-c2ccc(N(C(=O)NCc3ccccc3)C3CCC(Nc4ncc(C#N)c(-c5ccc(C#N)cc5)n4)CC3)nc2)cn1. The number of nitriles is 2. The van der Waals surface area contributed by atoms with Crippen LogP contribution in [-0.4, -0.2) is 42.8 Å². The lowest BCUT2D eigenvalue weighted by Crippen LogP contribution is -2.49. The van der Waals surface area contributed by atoms with Gasteiger partial charge in [0.2, 0.25) is 5.95 Å². The fraction of sp³-hybridized carbons (Fsp3) is 0.229. The van der Waals surface area contributed by atoms with E-state index in [1.807, 2.05) is 55.7 Å². The number of rotatable bonds is 8. The number of urea groups is 1. The van der Waals surface area contributed by atoms with E-state index in [9.17, 15) is 10.1 Å². The summed E-state index contributed by atoms with van der Waals surface area (Å²) in [6.07, 6.45) is 10.1. The van der Waals surface area contributed by atoms with Crippen molar-refractivity contribution in [2.45, 2.75) is 44.3 Å². The van der Waals surface area contributed by atoms with E-state index in [0.717, 1.165) is 47.9 Å². The van der Waals surface area contributed by atoms with Crippen LogP contribution in [0.5, 0.6) is 0 Å². The highest BCUT2D eigenvalue weighted by Crippen LogP contribution is 2.30. The summed E-state index contributed by atoms with van der Waals surface area (Å²) >= 11 is 0. The van der Waals surface area contributed by atoms with Crippen molar-refractivity contribution in [3.8, 4) is 34.5 Å². The Labute approximate surface area is 267 Å². The molecule has 11 heteroatoms. The molecule has 2 aromatic carbocycles. The third kappa shape index (κ3) is 6.85. The summed E-state index contributed by atoms with van der Waals surface area (Å²) in [6, 6.07) is 24.8. The molecular formula is C35H32N10O. The number of nitrogens with one attached hydrogen (secondary N) is 2. The van der Waals surface area contributed by atoms with Gasteiger partial charge in [-0.15, -0.1) is 0 Å². The molecule has 228 valence electrons. The molecule has 1 aliphatic rings. The number of amides is 2. The van der Waals surface area contributed by atoms with Crippen LogP contribution in [-0.2, 0) is 13.6 Å². The number of hydrogen-bond acceptors (Lipinski definition) is 8. The smallest absolute Gasteiger partial charge is 0.323 e. The summed E-state index contributed by atoms with van der Waals surface area (Å²) in [5.74, 6) is 1.03. The van der Waals surface area contributed by atoms with Gasteiger partial charge in [-0.1, -0.05) is 42.5 Å². The van der Waals surface area contributed by atoms with Crippen LogP contribution < -0.4 is 15.5 Å². The van der Waals surface area contributed by atoms with Crippen LogP contribution in [0.15, 0.2) is 91.5 Å². The number of hydrogen-bond donors (Lipinski definition) is 2. The van der Waals surface area contributed by atoms with Crippen molar-refractivity contribution in [1.82, 2.24) is 30.0 Å². The van der Waals surface area contributed by atoms with E-state index in [1.54, 1.807) is 46.2 Å². The molecule has 1 fully saturated rings. The molecule has 0 spiro atoms. The minimum atomic E-state index is -0.190. The van der Waals surface area contributed by atoms with E-state index in [1.165, 1.54) is 6.20 Å². The zero-order chi connectivity index (χ0) is 31.9. The minimum Gasteiger partial charge on any atom is -0.351 e. The quantitative estimate of drug-likeness (QED) is 0.224. The summed E-state index contributed by atoms with van der Waals surface area (Å²) in [4.78, 5) is 29.3. The molecule has 2 N–H and O–H groups in total. The van der Waals surface area contributed by atoms with E-state index in [-0.39, 0.29) is 18.1 Å². The van der Waals surface area contributed by atoms with E-state index in [0.29, 0.717) is 35.1 Å². The standard InChI is InChI=1S/C35H32N10O/c1-44-23-29(22-41-44)27-11-16-32(38-20-27)45(35(46)40-19-25-5-3-2-4-6-25)31-14-12-30(13-15-31)42-34-39-21-28(18-37)33(43-34)26-9-7-24(17-36)8-10-26/h2-11,16,20-23,30-31H,12-15,19H2,1H3,(H,40,46)(H,39,42,43). The zero-order valence-electron chi connectivity index (χ0n) is 25.3. The second kappa shape index (κ2) is 13.7. The van der Waals surface area contributed by atoms with Crippen molar-refractivity contribution in [1.29, 1.82) is 10.5 Å². The maximum Gasteiger partial charge on any atom is 0.323 e. The van der Waals surface area contributed by atoms with Gasteiger partial charge in [-0.25, -0.2) is 19.7 Å². The zero-order valence-corrected chi connectivity index (χ0v) is 25.3. The average molecular weight is 609 g/mol. The Kier molecular flexibility index (Phi) is 8.93. The van der Waals surface area contributed by atoms with Gasteiger partial charge in [0, 0.05) is 54.8 Å². The first kappa shape index (κ1) is 30.0. The number of nitrogens with zero attached hydrogens (tertiary/aromatic N) is 8.